The predicted molar refractivity (Wildman–Crippen MR) is 157 cm³/mol. The minimum atomic E-state index is -0.535. The largest absolute Gasteiger partial charge is 0.343 e. The van der Waals surface area contributed by atoms with Crippen molar-refractivity contribution in [3.05, 3.63) is 54.1 Å². The minimum Gasteiger partial charge on any atom is -0.343 e. The van der Waals surface area contributed by atoms with Gasteiger partial charge in [-0.25, -0.2) is 14.2 Å². The number of rotatable bonds is 10. The molecule has 41 heavy (non-hydrogen) atoms. The summed E-state index contributed by atoms with van der Waals surface area (Å²) in [5, 5.41) is 5.42. The Morgan fingerprint density at radius 3 is 2.51 bits per heavy atom. The molecule has 0 spiro atoms. The third-order valence-electron chi connectivity index (χ3n) is 7.84. The summed E-state index contributed by atoms with van der Waals surface area (Å²) in [6.07, 6.45) is 2.45. The lowest BCUT2D eigenvalue weighted by atomic mass is 10.0. The summed E-state index contributed by atoms with van der Waals surface area (Å²) < 4.78 is 13.6. The maximum absolute atomic E-state index is 13.6. The number of hydrogen-bond acceptors (Lipinski definition) is 5. The number of imidazole rings is 1. The van der Waals surface area contributed by atoms with Crippen molar-refractivity contribution in [3.8, 4) is 11.1 Å². The summed E-state index contributed by atoms with van der Waals surface area (Å²) in [5.41, 5.74) is 3.23. The Kier molecular flexibility index (Phi) is 9.75. The molecular weight excluding hydrogens is 523 g/mol. The first kappa shape index (κ1) is 30.2. The van der Waals surface area contributed by atoms with E-state index in [2.05, 4.69) is 15.6 Å². The minimum absolute atomic E-state index is 0.108. The molecule has 2 aromatic carbocycles. The van der Waals surface area contributed by atoms with Crippen molar-refractivity contribution >= 4 is 28.9 Å². The molecule has 3 N–H and O–H groups in total. The second kappa shape index (κ2) is 13.2. The molecule has 4 amide bonds. The van der Waals surface area contributed by atoms with E-state index in [0.717, 1.165) is 22.2 Å². The van der Waals surface area contributed by atoms with Gasteiger partial charge in [-0.05, 0) is 69.8 Å². The van der Waals surface area contributed by atoms with Gasteiger partial charge in [0.05, 0.1) is 23.1 Å². The molecule has 9 nitrogen and oxygen atoms in total. The van der Waals surface area contributed by atoms with Crippen molar-refractivity contribution in [3.63, 3.8) is 0 Å². The van der Waals surface area contributed by atoms with E-state index >= 15 is 0 Å². The zero-order valence-corrected chi connectivity index (χ0v) is 24.5. The van der Waals surface area contributed by atoms with Gasteiger partial charge in [0.25, 0.3) is 0 Å². The molecule has 3 aromatic rings. The lowest BCUT2D eigenvalue weighted by molar-refractivity contribution is -0.132. The highest BCUT2D eigenvalue weighted by Gasteiger charge is 2.40. The number of likely N-dealkylation sites (tertiary alicyclic amines) is 1. The number of H-pyrrole nitrogens is 1. The molecule has 0 aliphatic carbocycles. The summed E-state index contributed by atoms with van der Waals surface area (Å²) in [6.45, 7) is 8.83. The normalized spacial score (nSPS) is 17.7. The topological polar surface area (TPSA) is 110 Å². The Bertz CT molecular complexity index is 1370. The van der Waals surface area contributed by atoms with Gasteiger partial charge in [0.2, 0.25) is 11.8 Å². The van der Waals surface area contributed by atoms with Crippen LogP contribution in [0.3, 0.4) is 0 Å². The second-order valence-corrected chi connectivity index (χ2v) is 11.1. The zero-order chi connectivity index (χ0) is 29.7. The lowest BCUT2D eigenvalue weighted by Crippen LogP contribution is -2.51. The van der Waals surface area contributed by atoms with Crippen LogP contribution in [0.1, 0.15) is 65.2 Å². The molecule has 1 fully saturated rings. The van der Waals surface area contributed by atoms with Crippen LogP contribution in [0, 0.1) is 11.7 Å². The van der Waals surface area contributed by atoms with Crippen LogP contribution in [0.4, 0.5) is 9.18 Å². The summed E-state index contributed by atoms with van der Waals surface area (Å²) in [5.74, 6) is 0.286. The molecule has 1 aliphatic rings. The SMILES string of the molecule is CCN(CC[C@H]1CCC(c2nc3c(-c4ccc(F)cc4)cccc3[nH]2)N1C(=O)NC(=O)C(C)NC)C(=O)CC(C)C. The van der Waals surface area contributed by atoms with Crippen molar-refractivity contribution in [1.82, 2.24) is 30.4 Å². The van der Waals surface area contributed by atoms with Gasteiger partial charge in [-0.1, -0.05) is 38.1 Å². The Hall–Kier alpha value is -3.79. The molecular formula is C31H41FN6O3. The molecule has 1 aromatic heterocycles. The number of hydrogen-bond donors (Lipinski definition) is 3. The van der Waals surface area contributed by atoms with E-state index < -0.39 is 18.0 Å². The molecule has 0 saturated carbocycles. The van der Waals surface area contributed by atoms with Crippen molar-refractivity contribution in [2.24, 2.45) is 5.92 Å². The van der Waals surface area contributed by atoms with Crippen molar-refractivity contribution in [2.45, 2.75) is 71.5 Å². The Labute approximate surface area is 240 Å². The molecule has 1 aliphatic heterocycles. The van der Waals surface area contributed by atoms with Gasteiger partial charge >= 0.3 is 6.03 Å². The highest BCUT2D eigenvalue weighted by molar-refractivity contribution is 5.97. The number of benzene rings is 2. The summed E-state index contributed by atoms with van der Waals surface area (Å²) in [7, 11) is 1.66. The van der Waals surface area contributed by atoms with Crippen LogP contribution < -0.4 is 10.6 Å². The van der Waals surface area contributed by atoms with Crippen LogP contribution in [0.15, 0.2) is 42.5 Å². The maximum atomic E-state index is 13.6. The number of amides is 4. The third kappa shape index (κ3) is 6.93. The number of halogens is 1. The van der Waals surface area contributed by atoms with Crippen LogP contribution in [0.5, 0.6) is 0 Å². The van der Waals surface area contributed by atoms with Crippen LogP contribution in [0.25, 0.3) is 22.2 Å². The Morgan fingerprint density at radius 1 is 1.12 bits per heavy atom. The highest BCUT2D eigenvalue weighted by Crippen LogP contribution is 2.38. The van der Waals surface area contributed by atoms with Gasteiger partial charge in [0.15, 0.2) is 0 Å². The summed E-state index contributed by atoms with van der Waals surface area (Å²) in [6, 6.07) is 10.5. The number of nitrogens with zero attached hydrogens (tertiary/aromatic N) is 3. The second-order valence-electron chi connectivity index (χ2n) is 11.1. The van der Waals surface area contributed by atoms with Crippen LogP contribution in [-0.2, 0) is 9.59 Å². The third-order valence-corrected chi connectivity index (χ3v) is 7.84. The first-order valence-corrected chi connectivity index (χ1v) is 14.5. The van der Waals surface area contributed by atoms with E-state index in [0.29, 0.717) is 44.6 Å². The molecule has 0 radical (unpaired) electrons. The smallest absolute Gasteiger partial charge is 0.324 e. The predicted octanol–water partition coefficient (Wildman–Crippen LogP) is 5.00. The van der Waals surface area contributed by atoms with Crippen molar-refractivity contribution < 1.29 is 18.8 Å². The Morgan fingerprint density at radius 2 is 1.85 bits per heavy atom. The number of carbonyl (C=O) groups is 3. The van der Waals surface area contributed by atoms with Gasteiger partial charge in [0.1, 0.15) is 11.6 Å². The fraction of sp³-hybridized carbons (Fsp3) is 0.484. The maximum Gasteiger partial charge on any atom is 0.324 e. The highest BCUT2D eigenvalue weighted by atomic mass is 19.1. The van der Waals surface area contributed by atoms with Crippen LogP contribution in [-0.4, -0.2) is 69.8 Å². The monoisotopic (exact) mass is 564 g/mol. The fourth-order valence-electron chi connectivity index (χ4n) is 5.47. The van der Waals surface area contributed by atoms with Crippen LogP contribution >= 0.6 is 0 Å². The molecule has 3 atom stereocenters. The van der Waals surface area contributed by atoms with E-state index in [-0.39, 0.29) is 29.7 Å². The van der Waals surface area contributed by atoms with E-state index in [1.807, 2.05) is 43.9 Å². The number of aromatic amines is 1. The average Bonchev–Trinajstić information content (AvgIpc) is 3.57. The number of carbonyl (C=O) groups excluding carboxylic acids is 3. The van der Waals surface area contributed by atoms with Gasteiger partial charge in [-0.2, -0.15) is 0 Å². The number of imide groups is 1. The zero-order valence-electron chi connectivity index (χ0n) is 24.5. The lowest BCUT2D eigenvalue weighted by Gasteiger charge is -2.31. The number of nitrogens with one attached hydrogen (secondary N) is 3. The summed E-state index contributed by atoms with van der Waals surface area (Å²) in [4.78, 5) is 50.9. The summed E-state index contributed by atoms with van der Waals surface area (Å²) >= 11 is 0. The molecule has 4 rings (SSSR count). The molecule has 1 saturated heterocycles. The fourth-order valence-corrected chi connectivity index (χ4v) is 5.47. The molecule has 10 heteroatoms. The Balaban J connectivity index is 1.63. The molecule has 2 unspecified atom stereocenters. The van der Waals surface area contributed by atoms with E-state index in [1.165, 1.54) is 12.1 Å². The van der Waals surface area contributed by atoms with Crippen molar-refractivity contribution in [1.29, 1.82) is 0 Å². The van der Waals surface area contributed by atoms with Gasteiger partial charge < -0.3 is 20.1 Å². The first-order chi connectivity index (χ1) is 19.6. The van der Waals surface area contributed by atoms with Gasteiger partial charge in [0, 0.05) is 31.1 Å². The van der Waals surface area contributed by atoms with Gasteiger partial charge in [-0.3, -0.25) is 14.9 Å². The molecule has 220 valence electrons. The number of para-hydroxylation sites is 1. The molecule has 0 bridgehead atoms. The standard InChI is InChI=1S/C31H41FN6O3/c1-6-37(27(39)18-19(2)3)17-16-23-14-15-26(38(23)31(41)36-30(40)20(4)33-5)29-34-25-9-7-8-24(28(25)35-29)21-10-12-22(32)13-11-21/h7-13,19-20,23,26,33H,6,14-18H2,1-5H3,(H,34,35)(H,36,40,41)/t20?,23-,26?/m1/s1. The van der Waals surface area contributed by atoms with Crippen molar-refractivity contribution in [2.75, 3.05) is 20.1 Å². The van der Waals surface area contributed by atoms with Crippen LogP contribution in [0.2, 0.25) is 0 Å². The first-order valence-electron chi connectivity index (χ1n) is 14.5. The number of fused-ring (bicyclic) bond motifs is 1. The number of likely N-dealkylation sites (N-methyl/N-ethyl adjacent to an activating group) is 1. The quantitative estimate of drug-likeness (QED) is 0.321. The van der Waals surface area contributed by atoms with E-state index in [4.69, 9.17) is 4.98 Å². The molecule has 2 heterocycles. The van der Waals surface area contributed by atoms with E-state index in [1.54, 1.807) is 31.0 Å². The van der Waals surface area contributed by atoms with Gasteiger partial charge in [-0.15, -0.1) is 0 Å². The number of urea groups is 1. The van der Waals surface area contributed by atoms with E-state index in [9.17, 15) is 18.8 Å². The number of aromatic nitrogens is 2. The average molecular weight is 565 g/mol.